The van der Waals surface area contributed by atoms with E-state index in [1.807, 2.05) is 0 Å². The van der Waals surface area contributed by atoms with E-state index in [0.29, 0.717) is 30.5 Å². The molecule has 0 aliphatic heterocycles. The Hall–Kier alpha value is -3.33. The number of amides is 1. The molecule has 0 aromatic heterocycles. The van der Waals surface area contributed by atoms with Gasteiger partial charge in [-0.25, -0.2) is 0 Å². The van der Waals surface area contributed by atoms with Gasteiger partial charge in [-0.1, -0.05) is 17.7 Å². The van der Waals surface area contributed by atoms with Gasteiger partial charge in [0.05, 0.1) is 32.5 Å². The van der Waals surface area contributed by atoms with E-state index >= 15 is 0 Å². The largest absolute Gasteiger partial charge is 0.494 e. The van der Waals surface area contributed by atoms with Crippen LogP contribution in [0.1, 0.15) is 20.8 Å². The second-order valence-corrected chi connectivity index (χ2v) is 6.75. The highest BCUT2D eigenvalue weighted by atomic mass is 35.5. The van der Waals surface area contributed by atoms with E-state index in [4.69, 9.17) is 30.5 Å². The van der Waals surface area contributed by atoms with Gasteiger partial charge in [-0.3, -0.25) is 9.59 Å². The number of nitrogens with zero attached hydrogens (tertiary/aromatic N) is 2. The summed E-state index contributed by atoms with van der Waals surface area (Å²) in [6.45, 7) is 5.48. The summed E-state index contributed by atoms with van der Waals surface area (Å²) in [7, 11) is 2.93. The molecular weight excluding hydrogens is 438 g/mol. The molecule has 172 valence electrons. The Bertz CT molecular complexity index is 974. The van der Waals surface area contributed by atoms with Crippen LogP contribution in [0.5, 0.6) is 23.0 Å². The fourth-order valence-electron chi connectivity index (χ4n) is 2.77. The summed E-state index contributed by atoms with van der Waals surface area (Å²) in [5.74, 6) is 0.0987. The number of anilines is 1. The third-order valence-electron chi connectivity index (χ3n) is 4.22. The molecule has 0 spiro atoms. The normalized spacial score (nSPS) is 11.7. The molecule has 2 rings (SSSR count). The van der Waals surface area contributed by atoms with Gasteiger partial charge in [0.2, 0.25) is 6.04 Å². The van der Waals surface area contributed by atoms with Crippen molar-refractivity contribution in [3.8, 4) is 23.0 Å². The van der Waals surface area contributed by atoms with Gasteiger partial charge in [-0.15, -0.1) is 5.11 Å². The minimum Gasteiger partial charge on any atom is -0.494 e. The standard InChI is InChI=1S/C22H26ClN3O6/c1-6-31-17-12-11-14(23)21(32-7-2)20(17)24-22(28)18(13(3)27)25-26-19-15(29-4)9-8-10-16(19)30-5/h8-12,18H,6-7H2,1-5H3,(H,24,28). The predicted molar refractivity (Wildman–Crippen MR) is 121 cm³/mol. The lowest BCUT2D eigenvalue weighted by Crippen LogP contribution is -2.32. The molecule has 0 bridgehead atoms. The molecule has 0 aliphatic carbocycles. The zero-order valence-electron chi connectivity index (χ0n) is 18.6. The van der Waals surface area contributed by atoms with Crippen molar-refractivity contribution in [1.29, 1.82) is 0 Å². The molecule has 0 saturated heterocycles. The Labute approximate surface area is 191 Å². The topological polar surface area (TPSA) is 108 Å². The predicted octanol–water partition coefficient (Wildman–Crippen LogP) is 4.83. The van der Waals surface area contributed by atoms with Gasteiger partial charge < -0.3 is 24.3 Å². The minimum absolute atomic E-state index is 0.211. The molecular formula is C22H26ClN3O6. The van der Waals surface area contributed by atoms with E-state index in [1.54, 1.807) is 44.2 Å². The smallest absolute Gasteiger partial charge is 0.259 e. The number of ether oxygens (including phenoxy) is 4. The summed E-state index contributed by atoms with van der Waals surface area (Å²) in [6, 6.07) is 6.81. The molecule has 0 fully saturated rings. The number of azo groups is 1. The number of carbonyl (C=O) groups excluding carboxylic acids is 2. The van der Waals surface area contributed by atoms with Crippen molar-refractivity contribution < 1.29 is 28.5 Å². The van der Waals surface area contributed by atoms with Gasteiger partial charge in [0.15, 0.2) is 17.2 Å². The highest BCUT2D eigenvalue weighted by molar-refractivity contribution is 6.33. The molecule has 10 heteroatoms. The number of hydrogen-bond donors (Lipinski definition) is 1. The van der Waals surface area contributed by atoms with Crippen LogP contribution < -0.4 is 24.3 Å². The Morgan fingerprint density at radius 3 is 2.16 bits per heavy atom. The van der Waals surface area contributed by atoms with Crippen LogP contribution in [0, 0.1) is 0 Å². The van der Waals surface area contributed by atoms with Gasteiger partial charge in [0.1, 0.15) is 22.9 Å². The first kappa shape index (κ1) is 24.9. The number of carbonyl (C=O) groups is 2. The highest BCUT2D eigenvalue weighted by Gasteiger charge is 2.27. The Morgan fingerprint density at radius 2 is 1.62 bits per heavy atom. The van der Waals surface area contributed by atoms with Crippen molar-refractivity contribution in [2.24, 2.45) is 10.2 Å². The van der Waals surface area contributed by atoms with E-state index in [9.17, 15) is 9.59 Å². The van der Waals surface area contributed by atoms with Crippen molar-refractivity contribution in [3.63, 3.8) is 0 Å². The van der Waals surface area contributed by atoms with Crippen molar-refractivity contribution in [1.82, 2.24) is 0 Å². The lowest BCUT2D eigenvalue weighted by atomic mass is 10.2. The number of Topliss-reactive ketones (excluding diaryl/α,β-unsaturated/α-hetero) is 1. The number of rotatable bonds is 11. The molecule has 2 aromatic rings. The summed E-state index contributed by atoms with van der Waals surface area (Å²) in [4.78, 5) is 25.2. The Balaban J connectivity index is 2.42. The summed E-state index contributed by atoms with van der Waals surface area (Å²) < 4.78 is 21.7. The quantitative estimate of drug-likeness (QED) is 0.377. The minimum atomic E-state index is -1.44. The first-order valence-corrected chi connectivity index (χ1v) is 10.3. The molecule has 2 aromatic carbocycles. The van der Waals surface area contributed by atoms with Crippen LogP contribution >= 0.6 is 11.6 Å². The summed E-state index contributed by atoms with van der Waals surface area (Å²) in [5, 5.41) is 11.0. The third kappa shape index (κ3) is 5.88. The van der Waals surface area contributed by atoms with Crippen molar-refractivity contribution >= 4 is 34.7 Å². The van der Waals surface area contributed by atoms with Gasteiger partial charge in [0.25, 0.3) is 5.91 Å². The Kier molecular flexibility index (Phi) is 9.27. The van der Waals surface area contributed by atoms with Gasteiger partial charge in [0, 0.05) is 0 Å². The number of ketones is 1. The highest BCUT2D eigenvalue weighted by Crippen LogP contribution is 2.41. The average molecular weight is 464 g/mol. The summed E-state index contributed by atoms with van der Waals surface area (Å²) in [5.41, 5.74) is 0.465. The van der Waals surface area contributed by atoms with E-state index < -0.39 is 17.7 Å². The molecule has 1 amide bonds. The molecule has 0 heterocycles. The zero-order valence-corrected chi connectivity index (χ0v) is 19.4. The van der Waals surface area contributed by atoms with Crippen LogP contribution in [0.3, 0.4) is 0 Å². The maximum Gasteiger partial charge on any atom is 0.259 e. The van der Waals surface area contributed by atoms with Crippen LogP contribution in [-0.2, 0) is 9.59 Å². The molecule has 1 atom stereocenters. The summed E-state index contributed by atoms with van der Waals surface area (Å²) >= 11 is 6.25. The molecule has 0 radical (unpaired) electrons. The molecule has 1 unspecified atom stereocenters. The summed E-state index contributed by atoms with van der Waals surface area (Å²) in [6.07, 6.45) is 0. The van der Waals surface area contributed by atoms with E-state index in [0.717, 1.165) is 0 Å². The lowest BCUT2D eigenvalue weighted by Gasteiger charge is -2.18. The fraction of sp³-hybridized carbons (Fsp3) is 0.364. The monoisotopic (exact) mass is 463 g/mol. The van der Waals surface area contributed by atoms with Crippen molar-refractivity contribution in [3.05, 3.63) is 35.4 Å². The van der Waals surface area contributed by atoms with Gasteiger partial charge >= 0.3 is 0 Å². The van der Waals surface area contributed by atoms with Crippen molar-refractivity contribution in [2.45, 2.75) is 26.8 Å². The fourth-order valence-corrected chi connectivity index (χ4v) is 2.99. The lowest BCUT2D eigenvalue weighted by molar-refractivity contribution is -0.126. The molecule has 0 saturated carbocycles. The van der Waals surface area contributed by atoms with Gasteiger partial charge in [-0.05, 0) is 45.0 Å². The molecule has 1 N–H and O–H groups in total. The molecule has 0 aliphatic rings. The number of benzene rings is 2. The van der Waals surface area contributed by atoms with Crippen LogP contribution in [0.25, 0.3) is 0 Å². The number of nitrogens with one attached hydrogen (secondary N) is 1. The average Bonchev–Trinajstić information content (AvgIpc) is 2.77. The van der Waals surface area contributed by atoms with Crippen LogP contribution in [-0.4, -0.2) is 45.2 Å². The van der Waals surface area contributed by atoms with E-state index in [1.165, 1.54) is 21.1 Å². The molecule has 32 heavy (non-hydrogen) atoms. The Morgan fingerprint density at radius 1 is 1.00 bits per heavy atom. The van der Waals surface area contributed by atoms with Crippen molar-refractivity contribution in [2.75, 3.05) is 32.8 Å². The van der Waals surface area contributed by atoms with Gasteiger partial charge in [-0.2, -0.15) is 5.11 Å². The van der Waals surface area contributed by atoms with Crippen LogP contribution in [0.2, 0.25) is 5.02 Å². The first-order valence-electron chi connectivity index (χ1n) is 9.89. The third-order valence-corrected chi connectivity index (χ3v) is 4.51. The molecule has 9 nitrogen and oxygen atoms in total. The van der Waals surface area contributed by atoms with Crippen LogP contribution in [0.15, 0.2) is 40.6 Å². The van der Waals surface area contributed by atoms with E-state index in [-0.39, 0.29) is 22.1 Å². The second kappa shape index (κ2) is 11.9. The van der Waals surface area contributed by atoms with E-state index in [2.05, 4.69) is 15.5 Å². The maximum absolute atomic E-state index is 13.0. The van der Waals surface area contributed by atoms with Crippen LogP contribution in [0.4, 0.5) is 11.4 Å². The second-order valence-electron chi connectivity index (χ2n) is 6.34. The SMILES string of the molecule is CCOc1ccc(Cl)c(OCC)c1NC(=O)C(N=Nc1c(OC)cccc1OC)C(C)=O. The number of hydrogen-bond acceptors (Lipinski definition) is 8. The number of halogens is 1. The first-order chi connectivity index (χ1) is 15.4. The maximum atomic E-state index is 13.0. The zero-order chi connectivity index (χ0) is 23.7. The number of methoxy groups -OCH3 is 2.